The van der Waals surface area contributed by atoms with E-state index in [-0.39, 0.29) is 0 Å². The number of benzene rings is 8. The SMILES string of the molecule is CCCCn1c2nc3cc(ccc31)-c1ccc(cc1)OCCOCCOCCOCCOc1ccc(cc1)-c1ccc3c(c1)nc(n3CCCC)-c1cccc(n1)-c1nc3cc(ccc3n1CCCC)-c1ccc(cc1)OCCOCCOCCOCCOc1ccc(cc1)-c1ccc3c(c1)nc(n3CCCC)-c1cccc-2n1. The summed E-state index contributed by atoms with van der Waals surface area (Å²) in [6.45, 7) is 19.2. The van der Waals surface area contributed by atoms with E-state index in [4.69, 9.17) is 77.3 Å². The molecule has 0 unspecified atom stereocenters. The summed E-state index contributed by atoms with van der Waals surface area (Å²) < 4.78 is 68.6. The number of unbranched alkanes of at least 4 members (excludes halogenated alkanes) is 4. The highest BCUT2D eigenvalue weighted by atomic mass is 16.6. The zero-order chi connectivity index (χ0) is 77.6. The Balaban J connectivity index is 0.594. The number of ether oxygens (including phenoxy) is 10. The van der Waals surface area contributed by atoms with E-state index >= 15 is 0 Å². The van der Waals surface area contributed by atoms with Gasteiger partial charge in [0.25, 0.3) is 0 Å². The number of hydrogen-bond acceptors (Lipinski definition) is 16. The summed E-state index contributed by atoms with van der Waals surface area (Å²) in [5.41, 5.74) is 19.7. The Bertz CT molecular complexity index is 4780. The molecule has 0 amide bonds. The van der Waals surface area contributed by atoms with E-state index < -0.39 is 0 Å². The molecule has 0 aliphatic carbocycles. The lowest BCUT2D eigenvalue weighted by atomic mass is 10.1. The van der Waals surface area contributed by atoms with Crippen LogP contribution in [0, 0.1) is 0 Å². The largest absolute Gasteiger partial charge is 0.491 e. The second kappa shape index (κ2) is 39.1. The van der Waals surface area contributed by atoms with E-state index in [1.807, 2.05) is 48.5 Å². The Morgan fingerprint density at radius 2 is 0.430 bits per heavy atom. The number of aromatic nitrogens is 10. The number of hydrogen-bond donors (Lipinski definition) is 0. The zero-order valence-electron chi connectivity index (χ0n) is 66.0. The van der Waals surface area contributed by atoms with Gasteiger partial charge in [-0.3, -0.25) is 0 Å². The van der Waals surface area contributed by atoms with Crippen LogP contribution >= 0.6 is 0 Å². The van der Waals surface area contributed by atoms with E-state index in [1.54, 1.807) is 0 Å². The second-order valence-electron chi connectivity index (χ2n) is 28.6. The fourth-order valence-electron chi connectivity index (χ4n) is 14.5. The van der Waals surface area contributed by atoms with Crippen LogP contribution in [0.25, 0.3) is 135 Å². The Hall–Kier alpha value is -11.1. The third-order valence-electron chi connectivity index (χ3n) is 20.6. The van der Waals surface area contributed by atoms with Gasteiger partial charge in [-0.2, -0.15) is 0 Å². The maximum Gasteiger partial charge on any atom is 0.159 e. The molecule has 6 aromatic heterocycles. The van der Waals surface area contributed by atoms with Gasteiger partial charge in [0.2, 0.25) is 0 Å². The molecule has 8 aromatic carbocycles. The fourth-order valence-corrected chi connectivity index (χ4v) is 14.5. The fraction of sp³-hybridized carbons (Fsp3) is 0.340. The molecule has 114 heavy (non-hydrogen) atoms. The van der Waals surface area contributed by atoms with Crippen molar-refractivity contribution in [3.63, 3.8) is 0 Å². The monoisotopic (exact) mass is 1530 g/mol. The maximum atomic E-state index is 6.09. The first-order valence-corrected chi connectivity index (χ1v) is 40.7. The Morgan fingerprint density at radius 3 is 0.640 bits per heavy atom. The molecule has 0 atom stereocenters. The van der Waals surface area contributed by atoms with Crippen LogP contribution in [0.2, 0.25) is 0 Å². The molecular formula is C94H102N10O10. The van der Waals surface area contributed by atoms with Crippen LogP contribution in [0.15, 0.2) is 206 Å². The minimum absolute atomic E-state index is 0.417. The number of pyridine rings is 2. The third kappa shape index (κ3) is 19.2. The van der Waals surface area contributed by atoms with Crippen molar-refractivity contribution in [1.29, 1.82) is 0 Å². The van der Waals surface area contributed by atoms with Crippen molar-refractivity contribution < 1.29 is 47.4 Å². The molecule has 0 N–H and O–H groups in total. The van der Waals surface area contributed by atoms with Crippen molar-refractivity contribution in [1.82, 2.24) is 48.2 Å². The van der Waals surface area contributed by atoms with Gasteiger partial charge in [0, 0.05) is 26.2 Å². The molecule has 0 saturated heterocycles. The first-order chi connectivity index (χ1) is 56.4. The van der Waals surface area contributed by atoms with Gasteiger partial charge in [0.15, 0.2) is 23.3 Å². The highest BCUT2D eigenvalue weighted by Gasteiger charge is 2.23. The maximum absolute atomic E-state index is 6.09. The van der Waals surface area contributed by atoms with Gasteiger partial charge >= 0.3 is 0 Å². The molecular weight excluding hydrogens is 1430 g/mol. The van der Waals surface area contributed by atoms with Crippen LogP contribution in [-0.4, -0.2) is 154 Å². The quantitative estimate of drug-likeness (QED) is 0.112. The zero-order valence-corrected chi connectivity index (χ0v) is 66.0. The normalized spacial score (nSPS) is 14.4. The minimum atomic E-state index is 0.417. The Labute approximate surface area is 666 Å². The van der Waals surface area contributed by atoms with Crippen molar-refractivity contribution >= 4 is 44.1 Å². The van der Waals surface area contributed by atoms with Crippen LogP contribution in [-0.2, 0) is 54.6 Å². The number of nitrogens with zero attached hydrogens (tertiary/aromatic N) is 10. The third-order valence-corrected chi connectivity index (χ3v) is 20.6. The van der Waals surface area contributed by atoms with Crippen LogP contribution in [0.4, 0.5) is 0 Å². The van der Waals surface area contributed by atoms with Crippen LogP contribution in [0.3, 0.4) is 0 Å². The molecule has 0 saturated carbocycles. The van der Waals surface area contributed by atoms with Crippen molar-refractivity contribution in [3.05, 3.63) is 206 Å². The molecule has 588 valence electrons. The van der Waals surface area contributed by atoms with E-state index in [1.165, 1.54) is 0 Å². The van der Waals surface area contributed by atoms with Crippen molar-refractivity contribution in [2.75, 3.05) is 106 Å². The Morgan fingerprint density at radius 1 is 0.228 bits per heavy atom. The predicted octanol–water partition coefficient (Wildman–Crippen LogP) is 19.7. The average Bonchev–Trinajstić information content (AvgIpc) is 1.62. The molecule has 7 aliphatic rings. The summed E-state index contributed by atoms with van der Waals surface area (Å²) in [4.78, 5) is 32.0. The first-order valence-electron chi connectivity index (χ1n) is 40.7. The molecule has 24 bridgehead atoms. The van der Waals surface area contributed by atoms with Gasteiger partial charge in [-0.1, -0.05) is 138 Å². The van der Waals surface area contributed by atoms with Crippen LogP contribution in [0.5, 0.6) is 23.0 Å². The standard InChI is InChI=1S/C94H102N10O10/c1-5-9-43-101-87-39-27-71-63-83(87)97-91(101)79-15-13-16-80(95-79)92-98-84-64-72(28-40-88(84)102(92)44-10-6-2)68-21-33-76(34-22-68)112-60-56-108-53-49-106-50-54-110-58-62-114-78-37-25-70(26-38-78)74-30-42-90-86(66-74)100-94(104(90)46-12-8-4)82-18-14-17-81(96-82)93-99-85-65-73(29-41-89(85)103(93)45-11-7-3)69-23-35-77(36-24-69)113-61-57-109-52-48-105-47-51-107-55-59-111-75-31-19-67(71)20-32-75/h13-42,63-66H,5-12,43-62H2,1-4H3. The van der Waals surface area contributed by atoms with Crippen molar-refractivity contribution in [3.8, 4) is 114 Å². The lowest BCUT2D eigenvalue weighted by molar-refractivity contribution is 0.00499. The summed E-state index contributed by atoms with van der Waals surface area (Å²) in [7, 11) is 0. The van der Waals surface area contributed by atoms with Gasteiger partial charge in [0.1, 0.15) is 72.2 Å². The number of imidazole rings is 4. The molecule has 21 rings (SSSR count). The van der Waals surface area contributed by atoms with Crippen molar-refractivity contribution in [2.45, 2.75) is 105 Å². The number of aryl methyl sites for hydroxylation is 4. The smallest absolute Gasteiger partial charge is 0.159 e. The van der Waals surface area contributed by atoms with Gasteiger partial charge in [-0.25, -0.2) is 29.9 Å². The molecule has 20 nitrogen and oxygen atoms in total. The summed E-state index contributed by atoms with van der Waals surface area (Å²) in [6.07, 6.45) is 8.23. The van der Waals surface area contributed by atoms with E-state index in [2.05, 4.69) is 204 Å². The molecule has 0 fully saturated rings. The summed E-state index contributed by atoms with van der Waals surface area (Å²) in [6, 6.07) is 71.4. The van der Waals surface area contributed by atoms with Gasteiger partial charge in [0.05, 0.1) is 123 Å². The Kier molecular flexibility index (Phi) is 26.8. The molecule has 20 heteroatoms. The minimum Gasteiger partial charge on any atom is -0.491 e. The summed E-state index contributed by atoms with van der Waals surface area (Å²) >= 11 is 0. The van der Waals surface area contributed by atoms with E-state index in [0.29, 0.717) is 106 Å². The van der Waals surface area contributed by atoms with Crippen molar-refractivity contribution in [2.24, 2.45) is 0 Å². The lowest BCUT2D eigenvalue weighted by Crippen LogP contribution is -2.14. The van der Waals surface area contributed by atoms with Gasteiger partial charge in [-0.15, -0.1) is 0 Å². The summed E-state index contributed by atoms with van der Waals surface area (Å²) in [5, 5.41) is 0. The molecule has 7 aliphatic heterocycles. The predicted molar refractivity (Wildman–Crippen MR) is 452 cm³/mol. The highest BCUT2D eigenvalue weighted by Crippen LogP contribution is 2.37. The lowest BCUT2D eigenvalue weighted by Gasteiger charge is -2.11. The van der Waals surface area contributed by atoms with E-state index in [9.17, 15) is 0 Å². The highest BCUT2D eigenvalue weighted by molar-refractivity contribution is 5.90. The second-order valence-corrected chi connectivity index (χ2v) is 28.6. The van der Waals surface area contributed by atoms with E-state index in [0.717, 1.165) is 235 Å². The molecule has 13 heterocycles. The molecule has 0 spiro atoms. The topological polar surface area (TPSA) is 189 Å². The number of rotatable bonds is 12. The summed E-state index contributed by atoms with van der Waals surface area (Å²) in [5.74, 6) is 6.45. The van der Waals surface area contributed by atoms with Gasteiger partial charge < -0.3 is 65.6 Å². The van der Waals surface area contributed by atoms with Gasteiger partial charge in [-0.05, 0) is 192 Å². The van der Waals surface area contributed by atoms with Crippen LogP contribution in [0.1, 0.15) is 79.1 Å². The van der Waals surface area contributed by atoms with Crippen LogP contribution < -0.4 is 18.9 Å². The molecule has 0 radical (unpaired) electrons. The first kappa shape index (κ1) is 78.2. The average molecular weight is 1530 g/mol. The molecule has 14 aromatic rings.